The van der Waals surface area contributed by atoms with Gasteiger partial charge in [-0.25, -0.2) is 9.97 Å². The average molecular weight is 287 g/mol. The van der Waals surface area contributed by atoms with Crippen LogP contribution in [-0.4, -0.2) is 34.6 Å². The monoisotopic (exact) mass is 287 g/mol. The summed E-state index contributed by atoms with van der Waals surface area (Å²) in [6, 6.07) is 4.07. The molecule has 21 heavy (non-hydrogen) atoms. The van der Waals surface area contributed by atoms with E-state index in [9.17, 15) is 0 Å². The molecule has 5 heteroatoms. The van der Waals surface area contributed by atoms with Crippen molar-refractivity contribution < 1.29 is 9.15 Å². The van der Waals surface area contributed by atoms with Gasteiger partial charge >= 0.3 is 0 Å². The van der Waals surface area contributed by atoms with Crippen molar-refractivity contribution in [3.8, 4) is 5.88 Å². The molecule has 0 N–H and O–H groups in total. The summed E-state index contributed by atoms with van der Waals surface area (Å²) in [4.78, 5) is 11.1. The van der Waals surface area contributed by atoms with Crippen LogP contribution in [0.3, 0.4) is 0 Å². The van der Waals surface area contributed by atoms with Crippen molar-refractivity contribution in [2.75, 3.05) is 19.7 Å². The van der Waals surface area contributed by atoms with E-state index in [4.69, 9.17) is 9.15 Å². The fourth-order valence-corrected chi connectivity index (χ4v) is 2.75. The van der Waals surface area contributed by atoms with Crippen molar-refractivity contribution in [1.29, 1.82) is 0 Å². The standard InChI is InChI=1S/C16H21N3O2/c1-3-20-16-14-6-8-19(9-7-15(14)17-11-18-16)10-13-5-4-12(2)21-13/h4-5,11H,3,6-10H2,1-2H3. The fourth-order valence-electron chi connectivity index (χ4n) is 2.75. The van der Waals surface area contributed by atoms with Gasteiger partial charge in [0.1, 0.15) is 17.8 Å². The summed E-state index contributed by atoms with van der Waals surface area (Å²) in [5.74, 6) is 2.74. The third-order valence-corrected chi connectivity index (χ3v) is 3.79. The second-order valence-electron chi connectivity index (χ2n) is 5.33. The van der Waals surface area contributed by atoms with Crippen molar-refractivity contribution in [2.45, 2.75) is 33.2 Å². The molecule has 2 aromatic heterocycles. The topological polar surface area (TPSA) is 51.4 Å². The van der Waals surface area contributed by atoms with Crippen LogP contribution >= 0.6 is 0 Å². The van der Waals surface area contributed by atoms with Gasteiger partial charge in [0.2, 0.25) is 5.88 Å². The lowest BCUT2D eigenvalue weighted by atomic mass is 10.1. The molecular weight excluding hydrogens is 266 g/mol. The van der Waals surface area contributed by atoms with Crippen LogP contribution in [0.2, 0.25) is 0 Å². The normalized spacial score (nSPS) is 15.5. The maximum absolute atomic E-state index is 5.67. The summed E-state index contributed by atoms with van der Waals surface area (Å²) in [7, 11) is 0. The minimum atomic E-state index is 0.638. The van der Waals surface area contributed by atoms with E-state index >= 15 is 0 Å². The number of ether oxygens (including phenoxy) is 1. The predicted octanol–water partition coefficient (Wildman–Crippen LogP) is 2.38. The Morgan fingerprint density at radius 1 is 1.24 bits per heavy atom. The average Bonchev–Trinajstić information content (AvgIpc) is 2.77. The third-order valence-electron chi connectivity index (χ3n) is 3.79. The molecule has 0 aromatic carbocycles. The Kier molecular flexibility index (Phi) is 4.20. The molecule has 3 rings (SSSR count). The zero-order valence-corrected chi connectivity index (χ0v) is 12.6. The van der Waals surface area contributed by atoms with E-state index in [-0.39, 0.29) is 0 Å². The zero-order valence-electron chi connectivity index (χ0n) is 12.6. The first-order valence-electron chi connectivity index (χ1n) is 7.49. The lowest BCUT2D eigenvalue weighted by Gasteiger charge is -2.17. The molecule has 0 amide bonds. The van der Waals surface area contributed by atoms with Gasteiger partial charge in [0, 0.05) is 25.1 Å². The van der Waals surface area contributed by atoms with Gasteiger partial charge in [-0.2, -0.15) is 0 Å². The number of fused-ring (bicyclic) bond motifs is 1. The first kappa shape index (κ1) is 14.1. The number of hydrogen-bond donors (Lipinski definition) is 0. The summed E-state index contributed by atoms with van der Waals surface area (Å²) in [6.45, 7) is 7.40. The van der Waals surface area contributed by atoms with Gasteiger partial charge in [0.15, 0.2) is 0 Å². The molecule has 0 unspecified atom stereocenters. The van der Waals surface area contributed by atoms with Crippen LogP contribution in [0, 0.1) is 6.92 Å². The highest BCUT2D eigenvalue weighted by Crippen LogP contribution is 2.23. The van der Waals surface area contributed by atoms with Crippen LogP contribution in [-0.2, 0) is 19.4 Å². The molecule has 0 saturated carbocycles. The van der Waals surface area contributed by atoms with Crippen molar-refractivity contribution >= 4 is 0 Å². The van der Waals surface area contributed by atoms with Crippen molar-refractivity contribution in [3.63, 3.8) is 0 Å². The van der Waals surface area contributed by atoms with Crippen molar-refractivity contribution in [2.24, 2.45) is 0 Å². The van der Waals surface area contributed by atoms with Crippen LogP contribution < -0.4 is 4.74 Å². The van der Waals surface area contributed by atoms with Crippen LogP contribution in [0.5, 0.6) is 5.88 Å². The molecule has 0 aliphatic carbocycles. The van der Waals surface area contributed by atoms with E-state index in [1.54, 1.807) is 6.33 Å². The lowest BCUT2D eigenvalue weighted by molar-refractivity contribution is 0.252. The number of nitrogens with zero attached hydrogens (tertiary/aromatic N) is 3. The lowest BCUT2D eigenvalue weighted by Crippen LogP contribution is -2.25. The predicted molar refractivity (Wildman–Crippen MR) is 79.3 cm³/mol. The zero-order chi connectivity index (χ0) is 14.7. The van der Waals surface area contributed by atoms with Gasteiger partial charge in [0.25, 0.3) is 0 Å². The van der Waals surface area contributed by atoms with Gasteiger partial charge in [0.05, 0.1) is 18.8 Å². The summed E-state index contributed by atoms with van der Waals surface area (Å²) in [6.07, 6.45) is 3.46. The summed E-state index contributed by atoms with van der Waals surface area (Å²) >= 11 is 0. The Bertz CT molecular complexity index is 609. The Labute approximate surface area is 125 Å². The molecule has 0 spiro atoms. The number of aryl methyl sites for hydroxylation is 1. The third kappa shape index (κ3) is 3.24. The van der Waals surface area contributed by atoms with E-state index in [1.807, 2.05) is 19.9 Å². The van der Waals surface area contributed by atoms with E-state index in [0.29, 0.717) is 6.61 Å². The molecular formula is C16H21N3O2. The van der Waals surface area contributed by atoms with Crippen LogP contribution in [0.25, 0.3) is 0 Å². The maximum atomic E-state index is 5.67. The molecule has 0 atom stereocenters. The minimum Gasteiger partial charge on any atom is -0.478 e. The van der Waals surface area contributed by atoms with Crippen LogP contribution in [0.4, 0.5) is 0 Å². The van der Waals surface area contributed by atoms with Gasteiger partial charge in [-0.05, 0) is 32.4 Å². The van der Waals surface area contributed by atoms with E-state index in [2.05, 4.69) is 20.9 Å². The Morgan fingerprint density at radius 2 is 2.10 bits per heavy atom. The second kappa shape index (κ2) is 6.26. The molecule has 112 valence electrons. The first-order valence-corrected chi connectivity index (χ1v) is 7.49. The molecule has 0 radical (unpaired) electrons. The minimum absolute atomic E-state index is 0.638. The highest BCUT2D eigenvalue weighted by atomic mass is 16.5. The second-order valence-corrected chi connectivity index (χ2v) is 5.33. The van der Waals surface area contributed by atoms with E-state index < -0.39 is 0 Å². The molecule has 2 aromatic rings. The highest BCUT2D eigenvalue weighted by Gasteiger charge is 2.19. The Hall–Kier alpha value is -1.88. The van der Waals surface area contributed by atoms with Crippen LogP contribution in [0.1, 0.15) is 29.7 Å². The SMILES string of the molecule is CCOc1ncnc2c1CCN(Cc1ccc(C)o1)CC2. The fraction of sp³-hybridized carbons (Fsp3) is 0.500. The molecule has 0 saturated heterocycles. The van der Waals surface area contributed by atoms with Gasteiger partial charge in [-0.1, -0.05) is 0 Å². The Balaban J connectivity index is 1.71. The van der Waals surface area contributed by atoms with E-state index in [0.717, 1.165) is 61.1 Å². The largest absolute Gasteiger partial charge is 0.478 e. The number of furan rings is 1. The van der Waals surface area contributed by atoms with Crippen molar-refractivity contribution in [1.82, 2.24) is 14.9 Å². The molecule has 5 nitrogen and oxygen atoms in total. The van der Waals surface area contributed by atoms with Gasteiger partial charge in [-0.3, -0.25) is 4.90 Å². The molecule has 1 aliphatic rings. The van der Waals surface area contributed by atoms with Crippen molar-refractivity contribution in [3.05, 3.63) is 41.2 Å². The molecule has 0 fully saturated rings. The summed E-state index contributed by atoms with van der Waals surface area (Å²) < 4.78 is 11.3. The Morgan fingerprint density at radius 3 is 2.86 bits per heavy atom. The number of rotatable bonds is 4. The van der Waals surface area contributed by atoms with Gasteiger partial charge < -0.3 is 9.15 Å². The quantitative estimate of drug-likeness (QED) is 0.864. The first-order chi connectivity index (χ1) is 10.3. The van der Waals surface area contributed by atoms with Gasteiger partial charge in [-0.15, -0.1) is 0 Å². The molecule has 1 aliphatic heterocycles. The highest BCUT2D eigenvalue weighted by molar-refractivity contribution is 5.31. The van der Waals surface area contributed by atoms with E-state index in [1.165, 1.54) is 0 Å². The smallest absolute Gasteiger partial charge is 0.219 e. The molecule has 3 heterocycles. The molecule has 0 bridgehead atoms. The number of hydrogen-bond acceptors (Lipinski definition) is 5. The summed E-state index contributed by atoms with van der Waals surface area (Å²) in [5.41, 5.74) is 2.28. The maximum Gasteiger partial charge on any atom is 0.219 e. The summed E-state index contributed by atoms with van der Waals surface area (Å²) in [5, 5.41) is 0. The number of aromatic nitrogens is 2. The van der Waals surface area contributed by atoms with Crippen LogP contribution in [0.15, 0.2) is 22.9 Å².